The van der Waals surface area contributed by atoms with E-state index in [1.807, 2.05) is 13.8 Å². The van der Waals surface area contributed by atoms with E-state index in [1.165, 1.54) is 39.0 Å². The van der Waals surface area contributed by atoms with Crippen molar-refractivity contribution in [1.82, 2.24) is 0 Å². The Labute approximate surface area is 243 Å². The zero-order chi connectivity index (χ0) is 22.0. The van der Waals surface area contributed by atoms with Gasteiger partial charge in [-0.3, -0.25) is 0 Å². The van der Waals surface area contributed by atoms with E-state index in [0.29, 0.717) is 5.92 Å². The zero-order valence-electron chi connectivity index (χ0n) is 20.3. The third-order valence-corrected chi connectivity index (χ3v) is 6.76. The van der Waals surface area contributed by atoms with Crippen LogP contribution >= 0.6 is 0 Å². The third-order valence-electron chi connectivity index (χ3n) is 6.76. The minimum Gasteiger partial charge on any atom is -1.00 e. The third kappa shape index (κ3) is 7.32. The van der Waals surface area contributed by atoms with Crippen molar-refractivity contribution >= 4 is 27.7 Å². The maximum Gasteiger partial charge on any atom is 3.00 e. The van der Waals surface area contributed by atoms with E-state index in [-0.39, 0.29) is 63.4 Å². The van der Waals surface area contributed by atoms with Gasteiger partial charge in [0, 0.05) is 5.92 Å². The van der Waals surface area contributed by atoms with E-state index >= 15 is 0 Å². The fraction of sp³-hybridized carbons (Fsp3) is 0.267. The standard InChI is InChI=1S/C30H32N.2ClH.H4Si.Ti/c1-21(30(3,4)31)20-26-22(2)27(23-14-8-5-9-15-23)29(25-18-12-7-13-19-25)28(26)24-16-10-6-11-17-24;;;;/h5-19,21-22,31H,20H2,1-4H3;2*1H;1H4;/q-1;;;;+3/p-2. The first kappa shape index (κ1) is 33.6. The van der Waals surface area contributed by atoms with Crippen molar-refractivity contribution in [3.8, 4) is 0 Å². The molecule has 0 heterocycles. The molecule has 0 spiro atoms. The predicted molar refractivity (Wildman–Crippen MR) is 146 cm³/mol. The molecule has 0 aliphatic heterocycles. The molecule has 35 heavy (non-hydrogen) atoms. The average molecular weight is 557 g/mol. The summed E-state index contributed by atoms with van der Waals surface area (Å²) in [4.78, 5) is 0. The molecule has 0 amide bonds. The van der Waals surface area contributed by atoms with Crippen LogP contribution in [-0.4, -0.2) is 16.5 Å². The summed E-state index contributed by atoms with van der Waals surface area (Å²) in [6.45, 7) is 8.63. The fourth-order valence-corrected chi connectivity index (χ4v) is 4.62. The Morgan fingerprint density at radius 3 is 1.49 bits per heavy atom. The van der Waals surface area contributed by atoms with Crippen molar-refractivity contribution in [2.75, 3.05) is 0 Å². The van der Waals surface area contributed by atoms with Crippen molar-refractivity contribution in [3.63, 3.8) is 0 Å². The number of nitrogens with one attached hydrogen (secondary N) is 1. The maximum absolute atomic E-state index is 8.63. The summed E-state index contributed by atoms with van der Waals surface area (Å²) in [5.74, 6) is 0.563. The molecule has 183 valence electrons. The molecule has 1 aliphatic carbocycles. The molecule has 1 nitrogen and oxygen atoms in total. The molecule has 1 aliphatic rings. The van der Waals surface area contributed by atoms with Gasteiger partial charge in [-0.2, -0.15) is 0 Å². The van der Waals surface area contributed by atoms with Crippen LogP contribution in [-0.2, 0) is 21.7 Å². The van der Waals surface area contributed by atoms with Gasteiger partial charge in [0.05, 0.1) is 0 Å². The van der Waals surface area contributed by atoms with Gasteiger partial charge in [0.15, 0.2) is 0 Å². The van der Waals surface area contributed by atoms with Gasteiger partial charge >= 0.3 is 21.7 Å². The van der Waals surface area contributed by atoms with Crippen LogP contribution in [0.15, 0.2) is 96.6 Å². The molecule has 0 saturated heterocycles. The van der Waals surface area contributed by atoms with Gasteiger partial charge in [-0.15, -0.1) is 5.54 Å². The van der Waals surface area contributed by atoms with E-state index in [4.69, 9.17) is 5.73 Å². The summed E-state index contributed by atoms with van der Waals surface area (Å²) in [6, 6.07) is 32.4. The Hall–Kier alpha value is -1.39. The predicted octanol–water partition coefficient (Wildman–Crippen LogP) is 1.11. The maximum atomic E-state index is 8.63. The topological polar surface area (TPSA) is 23.8 Å². The van der Waals surface area contributed by atoms with Gasteiger partial charge < -0.3 is 30.5 Å². The minimum absolute atomic E-state index is 0. The summed E-state index contributed by atoms with van der Waals surface area (Å²) in [5.41, 5.74) is 17.5. The van der Waals surface area contributed by atoms with Crippen molar-refractivity contribution in [1.29, 1.82) is 0 Å². The Kier molecular flexibility index (Phi) is 13.8. The van der Waals surface area contributed by atoms with Crippen molar-refractivity contribution in [3.05, 3.63) is 119 Å². The van der Waals surface area contributed by atoms with Crippen LogP contribution < -0.4 is 24.8 Å². The molecule has 4 rings (SSSR count). The van der Waals surface area contributed by atoms with Gasteiger partial charge in [0.25, 0.3) is 0 Å². The van der Waals surface area contributed by atoms with E-state index in [9.17, 15) is 0 Å². The Morgan fingerprint density at radius 1 is 0.714 bits per heavy atom. The second kappa shape index (κ2) is 14.4. The van der Waals surface area contributed by atoms with Crippen LogP contribution in [0.5, 0.6) is 0 Å². The van der Waals surface area contributed by atoms with Gasteiger partial charge in [0.1, 0.15) is 0 Å². The molecule has 1 radical (unpaired) electrons. The van der Waals surface area contributed by atoms with Crippen LogP contribution in [0.2, 0.25) is 0 Å². The Morgan fingerprint density at radius 2 is 1.09 bits per heavy atom. The van der Waals surface area contributed by atoms with Crippen molar-refractivity contribution in [2.45, 2.75) is 39.7 Å². The van der Waals surface area contributed by atoms with Crippen LogP contribution in [0.1, 0.15) is 50.8 Å². The van der Waals surface area contributed by atoms with Crippen molar-refractivity contribution < 1.29 is 46.5 Å². The van der Waals surface area contributed by atoms with Gasteiger partial charge in [-0.1, -0.05) is 130 Å². The second-order valence-corrected chi connectivity index (χ2v) is 9.34. The number of hydrogen-bond acceptors (Lipinski definition) is 0. The fourth-order valence-electron chi connectivity index (χ4n) is 4.62. The molecule has 0 saturated carbocycles. The number of allylic oxidation sites excluding steroid dienone is 4. The minimum atomic E-state index is -0.475. The summed E-state index contributed by atoms with van der Waals surface area (Å²) in [7, 11) is 0. The van der Waals surface area contributed by atoms with Gasteiger partial charge in [-0.25, -0.2) is 0 Å². The Bertz CT molecular complexity index is 1110. The Balaban J connectivity index is 0.00000289. The monoisotopic (exact) mass is 556 g/mol. The molecular formula is C30H36Cl2NSiTi. The molecular weight excluding hydrogens is 521 g/mol. The van der Waals surface area contributed by atoms with Gasteiger partial charge in [-0.05, 0) is 50.8 Å². The van der Waals surface area contributed by atoms with Gasteiger partial charge in [0.2, 0.25) is 0 Å². The van der Waals surface area contributed by atoms with Crippen molar-refractivity contribution in [2.24, 2.45) is 11.8 Å². The first-order valence-electron chi connectivity index (χ1n) is 11.3. The second-order valence-electron chi connectivity index (χ2n) is 9.34. The summed E-state index contributed by atoms with van der Waals surface area (Å²) in [6.07, 6.45) is 0.925. The van der Waals surface area contributed by atoms with E-state index < -0.39 is 5.54 Å². The summed E-state index contributed by atoms with van der Waals surface area (Å²) < 4.78 is 0. The molecule has 3 aromatic rings. The first-order valence-corrected chi connectivity index (χ1v) is 11.3. The number of benzene rings is 3. The molecule has 2 unspecified atom stereocenters. The molecule has 5 heteroatoms. The largest absolute Gasteiger partial charge is 3.00 e. The quantitative estimate of drug-likeness (QED) is 0.406. The molecule has 0 fully saturated rings. The normalized spacial score (nSPS) is 15.9. The van der Waals surface area contributed by atoms with Crippen LogP contribution in [0.4, 0.5) is 0 Å². The molecule has 2 atom stereocenters. The number of rotatable bonds is 6. The summed E-state index contributed by atoms with van der Waals surface area (Å²) in [5, 5.41) is 0. The van der Waals surface area contributed by atoms with E-state index in [2.05, 4.69) is 105 Å². The van der Waals surface area contributed by atoms with E-state index in [1.54, 1.807) is 0 Å². The molecule has 0 aromatic heterocycles. The number of halogens is 2. The van der Waals surface area contributed by atoms with E-state index in [0.717, 1.165) is 6.42 Å². The molecule has 0 bridgehead atoms. The molecule has 3 aromatic carbocycles. The van der Waals surface area contributed by atoms with Crippen LogP contribution in [0.25, 0.3) is 22.5 Å². The molecule has 1 N–H and O–H groups in total. The first-order chi connectivity index (χ1) is 14.9. The number of hydrogen-bond donors (Lipinski definition) is 0. The zero-order valence-corrected chi connectivity index (χ0v) is 23.4. The average Bonchev–Trinajstić information content (AvgIpc) is 3.07. The summed E-state index contributed by atoms with van der Waals surface area (Å²) >= 11 is 0. The van der Waals surface area contributed by atoms with Crippen LogP contribution in [0.3, 0.4) is 0 Å². The SMILES string of the molecule is CC1C(CC(C)C(C)(C)[NH-])=C(c2ccccc2)C(c2ccccc2)=C1c1ccccc1.[Cl-].[Cl-].[SiH4].[Ti+3]. The smallest absolute Gasteiger partial charge is 1.00 e. The van der Waals surface area contributed by atoms with Crippen LogP contribution in [0, 0.1) is 11.8 Å².